The summed E-state index contributed by atoms with van der Waals surface area (Å²) in [4.78, 5) is 29.8. The molecule has 9 nitrogen and oxygen atoms in total. The van der Waals surface area contributed by atoms with Gasteiger partial charge in [-0.25, -0.2) is 18.0 Å². The first-order valence-electron chi connectivity index (χ1n) is 12.0. The number of carbonyl (C=O) groups is 2. The van der Waals surface area contributed by atoms with Crippen molar-refractivity contribution in [2.24, 2.45) is 0 Å². The lowest BCUT2D eigenvalue weighted by Gasteiger charge is -2.39. The van der Waals surface area contributed by atoms with Gasteiger partial charge in [0.15, 0.2) is 0 Å². The van der Waals surface area contributed by atoms with E-state index in [0.29, 0.717) is 44.0 Å². The Hall–Kier alpha value is -3.21. The number of nitrogens with zero attached hydrogens (tertiary/aromatic N) is 3. The topological polar surface area (TPSA) is 99.3 Å². The molecule has 0 bridgehead atoms. The van der Waals surface area contributed by atoms with E-state index >= 15 is 0 Å². The Morgan fingerprint density at radius 1 is 1.06 bits per heavy atom. The summed E-state index contributed by atoms with van der Waals surface area (Å²) in [7, 11) is -1.94. The zero-order valence-corrected chi connectivity index (χ0v) is 21.6. The van der Waals surface area contributed by atoms with E-state index < -0.39 is 22.0 Å². The van der Waals surface area contributed by atoms with E-state index in [1.807, 2.05) is 31.2 Å². The molecule has 2 aromatic carbocycles. The highest BCUT2D eigenvalue weighted by atomic mass is 32.2. The number of benzene rings is 2. The summed E-state index contributed by atoms with van der Waals surface area (Å²) in [5.41, 5.74) is 2.77. The van der Waals surface area contributed by atoms with Crippen LogP contribution in [0.25, 0.3) is 0 Å². The highest BCUT2D eigenvalue weighted by Gasteiger charge is 2.38. The van der Waals surface area contributed by atoms with Gasteiger partial charge in [0.2, 0.25) is 10.0 Å². The van der Waals surface area contributed by atoms with Gasteiger partial charge in [0.1, 0.15) is 0 Å². The third-order valence-corrected chi connectivity index (χ3v) is 8.45. The number of rotatable bonds is 7. The molecule has 2 heterocycles. The van der Waals surface area contributed by atoms with Crippen LogP contribution >= 0.6 is 0 Å². The fourth-order valence-corrected chi connectivity index (χ4v) is 6.02. The molecule has 0 aliphatic carbocycles. The van der Waals surface area contributed by atoms with Crippen LogP contribution in [-0.4, -0.2) is 80.9 Å². The summed E-state index contributed by atoms with van der Waals surface area (Å²) < 4.78 is 32.9. The maximum absolute atomic E-state index is 13.1. The van der Waals surface area contributed by atoms with Gasteiger partial charge in [0, 0.05) is 45.5 Å². The predicted molar refractivity (Wildman–Crippen MR) is 136 cm³/mol. The van der Waals surface area contributed by atoms with Crippen LogP contribution in [0.3, 0.4) is 0 Å². The van der Waals surface area contributed by atoms with Gasteiger partial charge in [-0.1, -0.05) is 48.0 Å². The quantitative estimate of drug-likeness (QED) is 0.573. The molecule has 1 atom stereocenters. The Kier molecular flexibility index (Phi) is 7.77. The molecule has 0 aromatic heterocycles. The van der Waals surface area contributed by atoms with E-state index in [2.05, 4.69) is 10.2 Å². The number of nitrogens with one attached hydrogen (secondary N) is 1. The molecule has 0 saturated carbocycles. The molecular formula is C26H32N4O5S. The molecule has 0 unspecified atom stereocenters. The van der Waals surface area contributed by atoms with Crippen LogP contribution in [0.1, 0.15) is 24.1 Å². The van der Waals surface area contributed by atoms with Crippen molar-refractivity contribution in [1.82, 2.24) is 19.4 Å². The minimum Gasteiger partial charge on any atom is -0.463 e. The number of hydrogen-bond donors (Lipinski definition) is 1. The van der Waals surface area contributed by atoms with Crippen LogP contribution in [0.2, 0.25) is 0 Å². The minimum atomic E-state index is -3.57. The second-order valence-electron chi connectivity index (χ2n) is 8.93. The Balaban J connectivity index is 1.60. The molecule has 1 fully saturated rings. The number of piperazine rings is 1. The van der Waals surface area contributed by atoms with Crippen molar-refractivity contribution in [3.05, 3.63) is 77.0 Å². The molecule has 2 aliphatic heterocycles. The van der Waals surface area contributed by atoms with Crippen molar-refractivity contribution < 1.29 is 22.7 Å². The van der Waals surface area contributed by atoms with Crippen molar-refractivity contribution in [1.29, 1.82) is 0 Å². The van der Waals surface area contributed by atoms with Crippen molar-refractivity contribution in [2.45, 2.75) is 24.8 Å². The highest BCUT2D eigenvalue weighted by molar-refractivity contribution is 7.89. The first-order valence-corrected chi connectivity index (χ1v) is 13.4. The van der Waals surface area contributed by atoms with Crippen LogP contribution in [0.5, 0.6) is 0 Å². The Labute approximate surface area is 212 Å². The minimum absolute atomic E-state index is 0.212. The number of urea groups is 1. The van der Waals surface area contributed by atoms with E-state index in [9.17, 15) is 18.0 Å². The summed E-state index contributed by atoms with van der Waals surface area (Å²) in [5.74, 6) is -0.476. The lowest BCUT2D eigenvalue weighted by Crippen LogP contribution is -2.53. The Bertz CT molecular complexity index is 1250. The van der Waals surface area contributed by atoms with Crippen molar-refractivity contribution in [3.8, 4) is 0 Å². The lowest BCUT2D eigenvalue weighted by molar-refractivity contribution is -0.139. The summed E-state index contributed by atoms with van der Waals surface area (Å²) >= 11 is 0. The first kappa shape index (κ1) is 25.9. The van der Waals surface area contributed by atoms with Crippen LogP contribution in [0.4, 0.5) is 4.79 Å². The summed E-state index contributed by atoms with van der Waals surface area (Å²) in [6.45, 7) is 5.80. The number of hydrogen-bond acceptors (Lipinski definition) is 6. The van der Waals surface area contributed by atoms with Gasteiger partial charge in [-0.05, 0) is 31.5 Å². The lowest BCUT2D eigenvalue weighted by atomic mass is 9.93. The van der Waals surface area contributed by atoms with Gasteiger partial charge in [-0.2, -0.15) is 4.31 Å². The number of sulfonamides is 1. The fraction of sp³-hybridized carbons (Fsp3) is 0.385. The molecule has 4 rings (SSSR count). The average Bonchev–Trinajstić information content (AvgIpc) is 2.87. The Morgan fingerprint density at radius 2 is 1.75 bits per heavy atom. The van der Waals surface area contributed by atoms with Gasteiger partial charge in [-0.15, -0.1) is 0 Å². The zero-order valence-electron chi connectivity index (χ0n) is 20.8. The number of ether oxygens (including phenoxy) is 1. The molecule has 2 aromatic rings. The maximum Gasteiger partial charge on any atom is 0.338 e. The molecule has 0 radical (unpaired) electrons. The van der Waals surface area contributed by atoms with Gasteiger partial charge in [0.05, 0.1) is 23.1 Å². The monoisotopic (exact) mass is 512 g/mol. The maximum atomic E-state index is 13.1. The SMILES string of the molecule is CCOC(=O)C1=C(CN2CCN(S(=O)(=O)c3ccccc3)CC2)N(C)C(=O)N[C@H]1c1cccc(C)c1. The predicted octanol–water partition coefficient (Wildman–Crippen LogP) is 2.51. The summed E-state index contributed by atoms with van der Waals surface area (Å²) in [6, 6.07) is 15.1. The van der Waals surface area contributed by atoms with Crippen LogP contribution in [0.15, 0.2) is 70.8 Å². The standard InChI is InChI=1S/C26H32N4O5S/c1-4-35-25(31)23-22(28(3)26(32)27-24(23)20-10-8-9-19(2)17-20)18-29-13-15-30(16-14-29)36(33,34)21-11-6-5-7-12-21/h5-12,17,24H,4,13-16,18H2,1-3H3,(H,27,32)/t24-/m0/s1. The normalized spacial score (nSPS) is 19.8. The average molecular weight is 513 g/mol. The zero-order chi connectivity index (χ0) is 25.9. The van der Waals surface area contributed by atoms with Gasteiger partial charge in [-0.3, -0.25) is 9.80 Å². The van der Waals surface area contributed by atoms with E-state index in [1.54, 1.807) is 44.3 Å². The molecule has 10 heteroatoms. The molecule has 1 N–H and O–H groups in total. The first-order chi connectivity index (χ1) is 17.2. The van der Waals surface area contributed by atoms with Crippen molar-refractivity contribution in [3.63, 3.8) is 0 Å². The van der Waals surface area contributed by atoms with Gasteiger partial charge < -0.3 is 10.1 Å². The van der Waals surface area contributed by atoms with Crippen molar-refractivity contribution >= 4 is 22.0 Å². The van der Waals surface area contributed by atoms with Crippen LogP contribution < -0.4 is 5.32 Å². The number of amides is 2. The second kappa shape index (κ2) is 10.8. The second-order valence-corrected chi connectivity index (χ2v) is 10.9. The molecule has 36 heavy (non-hydrogen) atoms. The largest absolute Gasteiger partial charge is 0.463 e. The van der Waals surface area contributed by atoms with Crippen LogP contribution in [0, 0.1) is 6.92 Å². The molecule has 0 spiro atoms. The molecule has 1 saturated heterocycles. The summed E-state index contributed by atoms with van der Waals surface area (Å²) in [5, 5.41) is 2.93. The smallest absolute Gasteiger partial charge is 0.338 e. The Morgan fingerprint density at radius 3 is 2.39 bits per heavy atom. The van der Waals surface area contributed by atoms with E-state index in [1.165, 1.54) is 9.21 Å². The molecule has 2 aliphatic rings. The van der Waals surface area contributed by atoms with E-state index in [0.717, 1.165) is 11.1 Å². The van der Waals surface area contributed by atoms with E-state index in [4.69, 9.17) is 4.74 Å². The van der Waals surface area contributed by atoms with Gasteiger partial charge in [0.25, 0.3) is 0 Å². The fourth-order valence-electron chi connectivity index (χ4n) is 4.58. The van der Waals surface area contributed by atoms with Gasteiger partial charge >= 0.3 is 12.0 Å². The molecular weight excluding hydrogens is 480 g/mol. The van der Waals surface area contributed by atoms with Crippen LogP contribution in [-0.2, 0) is 19.6 Å². The summed E-state index contributed by atoms with van der Waals surface area (Å²) in [6.07, 6.45) is 0. The number of aryl methyl sites for hydroxylation is 1. The molecule has 192 valence electrons. The van der Waals surface area contributed by atoms with E-state index in [-0.39, 0.29) is 17.5 Å². The van der Waals surface area contributed by atoms with Crippen molar-refractivity contribution in [2.75, 3.05) is 46.4 Å². The third-order valence-electron chi connectivity index (χ3n) is 6.53. The number of carbonyl (C=O) groups excluding carboxylic acids is 2. The number of likely N-dealkylation sites (N-methyl/N-ethyl adjacent to an activating group) is 1. The highest BCUT2D eigenvalue weighted by Crippen LogP contribution is 2.32. The molecule has 2 amide bonds. The number of esters is 1. The third kappa shape index (κ3) is 5.30.